The van der Waals surface area contributed by atoms with Crippen LogP contribution in [0.5, 0.6) is 0 Å². The molecule has 0 aliphatic carbocycles. The molecule has 0 unspecified atom stereocenters. The summed E-state index contributed by atoms with van der Waals surface area (Å²) >= 11 is 0. The molecule has 3 aromatic rings. The van der Waals surface area contributed by atoms with Crippen LogP contribution in [0.3, 0.4) is 0 Å². The number of hydrogen-bond acceptors (Lipinski definition) is 2. The quantitative estimate of drug-likeness (QED) is 0.709. The molecule has 1 aromatic carbocycles. The summed E-state index contributed by atoms with van der Waals surface area (Å²) in [5, 5.41) is 0. The Morgan fingerprint density at radius 1 is 1.00 bits per heavy atom. The second kappa shape index (κ2) is 5.06. The molecule has 94 valence electrons. The zero-order valence-electron chi connectivity index (χ0n) is 10.8. The van der Waals surface area contributed by atoms with Crippen LogP contribution in [0.2, 0.25) is 0 Å². The average molecular weight is 249 g/mol. The highest BCUT2D eigenvalue weighted by Crippen LogP contribution is 2.24. The number of nitrogens with zero attached hydrogens (tertiary/aromatic N) is 3. The minimum atomic E-state index is 0.900. The fourth-order valence-electron chi connectivity index (χ4n) is 2.13. The Kier molecular flexibility index (Phi) is 3.11. The third-order valence-corrected chi connectivity index (χ3v) is 3.11. The minimum absolute atomic E-state index is 0.900. The zero-order chi connectivity index (χ0) is 13.1. The molecule has 19 heavy (non-hydrogen) atoms. The fraction of sp³-hybridized carbons (Fsp3) is 0.125. The molecule has 2 heterocycles. The van der Waals surface area contributed by atoms with E-state index in [9.17, 15) is 0 Å². The van der Waals surface area contributed by atoms with Gasteiger partial charge < -0.3 is 4.57 Å². The molecular formula is C16H15N3. The average Bonchev–Trinajstić information content (AvgIpc) is 2.93. The fourth-order valence-corrected chi connectivity index (χ4v) is 2.13. The zero-order valence-corrected chi connectivity index (χ0v) is 10.8. The van der Waals surface area contributed by atoms with Crippen molar-refractivity contribution in [1.29, 1.82) is 0 Å². The summed E-state index contributed by atoms with van der Waals surface area (Å²) in [6.45, 7) is 3.03. The van der Waals surface area contributed by atoms with Gasteiger partial charge in [-0.15, -0.1) is 0 Å². The number of benzene rings is 1. The van der Waals surface area contributed by atoms with Gasteiger partial charge in [-0.3, -0.25) is 4.98 Å². The predicted octanol–water partition coefficient (Wildman–Crippen LogP) is 3.63. The van der Waals surface area contributed by atoms with Gasteiger partial charge in [-0.1, -0.05) is 30.3 Å². The van der Waals surface area contributed by atoms with Crippen LogP contribution < -0.4 is 0 Å². The third kappa shape index (κ3) is 2.27. The van der Waals surface area contributed by atoms with Crippen LogP contribution in [0.4, 0.5) is 0 Å². The number of rotatable bonds is 3. The van der Waals surface area contributed by atoms with Gasteiger partial charge in [0.2, 0.25) is 0 Å². The predicted molar refractivity (Wildman–Crippen MR) is 76.6 cm³/mol. The van der Waals surface area contributed by atoms with Crippen molar-refractivity contribution in [3.05, 3.63) is 61.1 Å². The van der Waals surface area contributed by atoms with Crippen molar-refractivity contribution in [3.63, 3.8) is 0 Å². The monoisotopic (exact) mass is 249 g/mol. The Hall–Kier alpha value is -2.42. The molecule has 0 aliphatic rings. The van der Waals surface area contributed by atoms with Crippen LogP contribution in [-0.2, 0) is 6.54 Å². The van der Waals surface area contributed by atoms with E-state index in [1.165, 1.54) is 0 Å². The molecule has 0 spiro atoms. The summed E-state index contributed by atoms with van der Waals surface area (Å²) < 4.78 is 2.16. The molecular weight excluding hydrogens is 234 g/mol. The Bertz CT molecular complexity index is 657. The summed E-state index contributed by atoms with van der Waals surface area (Å²) in [5.74, 6) is 1.00. The Labute approximate surface area is 112 Å². The maximum Gasteiger partial charge on any atom is 0.140 e. The lowest BCUT2D eigenvalue weighted by atomic mass is 10.2. The molecule has 3 nitrogen and oxygen atoms in total. The standard InChI is InChI=1S/C16H15N3/c1-2-19-12-15(14-9-6-10-17-11-14)18-16(19)13-7-4-3-5-8-13/h3-12H,2H2,1H3. The molecule has 0 saturated heterocycles. The van der Waals surface area contributed by atoms with Crippen LogP contribution in [0.15, 0.2) is 61.1 Å². The van der Waals surface area contributed by atoms with Crippen molar-refractivity contribution in [2.24, 2.45) is 0 Å². The van der Waals surface area contributed by atoms with E-state index in [1.807, 2.05) is 36.5 Å². The second-order valence-electron chi connectivity index (χ2n) is 4.34. The van der Waals surface area contributed by atoms with Crippen molar-refractivity contribution < 1.29 is 0 Å². The molecule has 0 radical (unpaired) electrons. The van der Waals surface area contributed by atoms with Gasteiger partial charge in [0, 0.05) is 36.3 Å². The van der Waals surface area contributed by atoms with Crippen LogP contribution >= 0.6 is 0 Å². The summed E-state index contributed by atoms with van der Waals surface area (Å²) in [6, 6.07) is 14.2. The van der Waals surface area contributed by atoms with Crippen molar-refractivity contribution >= 4 is 0 Å². The first-order valence-electron chi connectivity index (χ1n) is 6.41. The summed E-state index contributed by atoms with van der Waals surface area (Å²) in [7, 11) is 0. The van der Waals surface area contributed by atoms with Crippen molar-refractivity contribution in [3.8, 4) is 22.6 Å². The van der Waals surface area contributed by atoms with Gasteiger partial charge in [-0.25, -0.2) is 4.98 Å². The highest BCUT2D eigenvalue weighted by atomic mass is 15.1. The van der Waals surface area contributed by atoms with Gasteiger partial charge in [0.05, 0.1) is 5.69 Å². The van der Waals surface area contributed by atoms with Gasteiger partial charge >= 0.3 is 0 Å². The molecule has 0 aliphatic heterocycles. The van der Waals surface area contributed by atoms with Gasteiger partial charge in [0.1, 0.15) is 5.82 Å². The van der Waals surface area contributed by atoms with E-state index < -0.39 is 0 Å². The van der Waals surface area contributed by atoms with E-state index in [2.05, 4.69) is 34.8 Å². The van der Waals surface area contributed by atoms with Gasteiger partial charge in [-0.05, 0) is 19.1 Å². The minimum Gasteiger partial charge on any atom is -0.331 e. The number of aromatic nitrogens is 3. The van der Waals surface area contributed by atoms with Crippen LogP contribution in [-0.4, -0.2) is 14.5 Å². The smallest absolute Gasteiger partial charge is 0.140 e. The maximum absolute atomic E-state index is 4.74. The van der Waals surface area contributed by atoms with Crippen LogP contribution in [0.1, 0.15) is 6.92 Å². The molecule has 0 amide bonds. The van der Waals surface area contributed by atoms with E-state index in [0.29, 0.717) is 0 Å². The lowest BCUT2D eigenvalue weighted by Crippen LogP contribution is -1.95. The normalized spacial score (nSPS) is 10.6. The van der Waals surface area contributed by atoms with Crippen LogP contribution in [0, 0.1) is 0 Å². The first-order valence-corrected chi connectivity index (χ1v) is 6.41. The number of imidazole rings is 1. The molecule has 3 rings (SSSR count). The van der Waals surface area contributed by atoms with Crippen molar-refractivity contribution in [2.45, 2.75) is 13.5 Å². The molecule has 0 fully saturated rings. The molecule has 0 bridgehead atoms. The highest BCUT2D eigenvalue weighted by Gasteiger charge is 2.10. The number of pyridine rings is 1. The molecule has 0 saturated carbocycles. The van der Waals surface area contributed by atoms with E-state index in [4.69, 9.17) is 4.98 Å². The summed E-state index contributed by atoms with van der Waals surface area (Å²) in [6.07, 6.45) is 5.70. The lowest BCUT2D eigenvalue weighted by Gasteiger charge is -2.03. The Morgan fingerprint density at radius 2 is 1.79 bits per heavy atom. The molecule has 0 N–H and O–H groups in total. The van der Waals surface area contributed by atoms with E-state index in [0.717, 1.165) is 29.2 Å². The van der Waals surface area contributed by atoms with Crippen LogP contribution in [0.25, 0.3) is 22.6 Å². The van der Waals surface area contributed by atoms with E-state index in [1.54, 1.807) is 6.20 Å². The summed E-state index contributed by atoms with van der Waals surface area (Å²) in [4.78, 5) is 8.89. The Balaban J connectivity index is 2.09. The van der Waals surface area contributed by atoms with Crippen molar-refractivity contribution in [2.75, 3.05) is 0 Å². The van der Waals surface area contributed by atoms with E-state index >= 15 is 0 Å². The SMILES string of the molecule is CCn1cc(-c2cccnc2)nc1-c1ccccc1. The number of hydrogen-bond donors (Lipinski definition) is 0. The lowest BCUT2D eigenvalue weighted by molar-refractivity contribution is 0.771. The molecule has 0 atom stereocenters. The van der Waals surface area contributed by atoms with Gasteiger partial charge in [0.25, 0.3) is 0 Å². The summed E-state index contributed by atoms with van der Waals surface area (Å²) in [5.41, 5.74) is 3.15. The molecule has 2 aromatic heterocycles. The Morgan fingerprint density at radius 3 is 2.47 bits per heavy atom. The topological polar surface area (TPSA) is 30.7 Å². The largest absolute Gasteiger partial charge is 0.331 e. The van der Waals surface area contributed by atoms with Gasteiger partial charge in [0.15, 0.2) is 0 Å². The first-order chi connectivity index (χ1) is 9.38. The second-order valence-corrected chi connectivity index (χ2v) is 4.34. The number of aryl methyl sites for hydroxylation is 1. The highest BCUT2D eigenvalue weighted by molar-refractivity contribution is 5.64. The third-order valence-electron chi connectivity index (χ3n) is 3.11. The molecule has 3 heteroatoms. The van der Waals surface area contributed by atoms with Crippen molar-refractivity contribution in [1.82, 2.24) is 14.5 Å². The van der Waals surface area contributed by atoms with E-state index in [-0.39, 0.29) is 0 Å². The maximum atomic E-state index is 4.74. The first kappa shape index (κ1) is 11.7. The van der Waals surface area contributed by atoms with Gasteiger partial charge in [-0.2, -0.15) is 0 Å².